The summed E-state index contributed by atoms with van der Waals surface area (Å²) in [5, 5.41) is 11.5. The second-order valence-electron chi connectivity index (χ2n) is 7.81. The van der Waals surface area contributed by atoms with Crippen LogP contribution in [0.5, 0.6) is 5.75 Å². The average molecular weight is 301 g/mol. The van der Waals surface area contributed by atoms with E-state index in [4.69, 9.17) is 4.74 Å². The molecule has 0 spiro atoms. The third kappa shape index (κ3) is 1.70. The van der Waals surface area contributed by atoms with Crippen LogP contribution in [0.15, 0.2) is 18.2 Å². The molecule has 4 atom stereocenters. The standard InChI is InChI=1S/C19H27NO2/c1-18(21)12-20(2)17-10-13-7-8-14(22-3)11-16(13)19(18)9-5-4-6-15(17)19/h7-8,11,15,17,21H,4-6,9-10,12H2,1-3H3/t15-,17+,18?,19+/m0/s1. The highest BCUT2D eigenvalue weighted by atomic mass is 16.5. The second kappa shape index (κ2) is 4.72. The molecule has 0 radical (unpaired) electrons. The lowest BCUT2D eigenvalue weighted by molar-refractivity contribution is -0.151. The summed E-state index contributed by atoms with van der Waals surface area (Å²) in [5.74, 6) is 1.49. The van der Waals surface area contributed by atoms with Crippen LogP contribution in [-0.4, -0.2) is 42.4 Å². The molecule has 3 aliphatic rings. The second-order valence-corrected chi connectivity index (χ2v) is 7.81. The molecule has 1 saturated carbocycles. The van der Waals surface area contributed by atoms with Gasteiger partial charge >= 0.3 is 0 Å². The Kier molecular flexibility index (Phi) is 3.11. The van der Waals surface area contributed by atoms with Gasteiger partial charge in [-0.25, -0.2) is 0 Å². The number of aliphatic hydroxyl groups is 1. The molecule has 1 aliphatic heterocycles. The first-order chi connectivity index (χ1) is 10.5. The Hall–Kier alpha value is -1.06. The molecule has 3 nitrogen and oxygen atoms in total. The number of rotatable bonds is 1. The van der Waals surface area contributed by atoms with E-state index in [9.17, 15) is 5.11 Å². The van der Waals surface area contributed by atoms with E-state index in [-0.39, 0.29) is 5.41 Å². The molecule has 1 aromatic rings. The molecule has 0 amide bonds. The number of hydrogen-bond acceptors (Lipinski definition) is 3. The first kappa shape index (κ1) is 14.5. The van der Waals surface area contributed by atoms with Crippen LogP contribution in [0.3, 0.4) is 0 Å². The van der Waals surface area contributed by atoms with Crippen molar-refractivity contribution in [2.75, 3.05) is 20.7 Å². The lowest BCUT2D eigenvalue weighted by atomic mass is 9.47. The summed E-state index contributed by atoms with van der Waals surface area (Å²) < 4.78 is 5.49. The Morgan fingerprint density at radius 1 is 1.32 bits per heavy atom. The predicted octanol–water partition coefficient (Wildman–Crippen LogP) is 2.74. The van der Waals surface area contributed by atoms with Gasteiger partial charge < -0.3 is 9.84 Å². The maximum absolute atomic E-state index is 11.5. The Balaban J connectivity index is 1.97. The molecule has 0 aromatic heterocycles. The van der Waals surface area contributed by atoms with Crippen LogP contribution >= 0.6 is 0 Å². The van der Waals surface area contributed by atoms with Gasteiger partial charge in [0.15, 0.2) is 0 Å². The summed E-state index contributed by atoms with van der Waals surface area (Å²) in [6.45, 7) is 2.83. The molecular weight excluding hydrogens is 274 g/mol. The van der Waals surface area contributed by atoms with Crippen molar-refractivity contribution in [1.82, 2.24) is 4.90 Å². The summed E-state index contributed by atoms with van der Waals surface area (Å²) in [6, 6.07) is 7.08. The summed E-state index contributed by atoms with van der Waals surface area (Å²) in [6.07, 6.45) is 5.97. The molecule has 1 saturated heterocycles. The van der Waals surface area contributed by atoms with Gasteiger partial charge in [-0.1, -0.05) is 18.9 Å². The SMILES string of the molecule is COc1ccc2c(c1)[C@@]13CCCC[C@H]1[C@@H](C2)N(C)CC3(C)O. The maximum atomic E-state index is 11.5. The Bertz CT molecular complexity index is 597. The zero-order chi connectivity index (χ0) is 15.5. The van der Waals surface area contributed by atoms with Crippen LogP contribution in [-0.2, 0) is 11.8 Å². The lowest BCUT2D eigenvalue weighted by Crippen LogP contribution is -2.71. The van der Waals surface area contributed by atoms with E-state index in [1.165, 1.54) is 30.4 Å². The van der Waals surface area contributed by atoms with Gasteiger partial charge in [0.25, 0.3) is 0 Å². The van der Waals surface area contributed by atoms with Crippen LogP contribution in [0.2, 0.25) is 0 Å². The number of methoxy groups -OCH3 is 1. The minimum atomic E-state index is -0.676. The molecule has 4 rings (SSSR count). The van der Waals surface area contributed by atoms with Gasteiger partial charge in [0.05, 0.1) is 12.7 Å². The van der Waals surface area contributed by atoms with Gasteiger partial charge in [-0.15, -0.1) is 0 Å². The van der Waals surface area contributed by atoms with E-state index >= 15 is 0 Å². The maximum Gasteiger partial charge on any atom is 0.119 e. The van der Waals surface area contributed by atoms with E-state index in [2.05, 4.69) is 37.1 Å². The van der Waals surface area contributed by atoms with Gasteiger partial charge in [-0.05, 0) is 62.4 Å². The molecule has 120 valence electrons. The first-order valence-electron chi connectivity index (χ1n) is 8.59. The molecule has 1 unspecified atom stereocenters. The normalized spacial score (nSPS) is 40.7. The average Bonchev–Trinajstić information content (AvgIpc) is 2.51. The number of nitrogens with zero attached hydrogens (tertiary/aromatic N) is 1. The van der Waals surface area contributed by atoms with E-state index < -0.39 is 5.60 Å². The molecule has 3 heteroatoms. The fraction of sp³-hybridized carbons (Fsp3) is 0.684. The number of ether oxygens (including phenoxy) is 1. The number of β-amino-alcohol motifs (C(OH)–C–C–N with tert-alkyl or cyclic N) is 1. The zero-order valence-corrected chi connectivity index (χ0v) is 13.9. The Morgan fingerprint density at radius 2 is 2.14 bits per heavy atom. The quantitative estimate of drug-likeness (QED) is 0.866. The van der Waals surface area contributed by atoms with Crippen molar-refractivity contribution in [1.29, 1.82) is 0 Å². The van der Waals surface area contributed by atoms with Crippen molar-refractivity contribution in [2.24, 2.45) is 5.92 Å². The number of likely N-dealkylation sites (tertiary alicyclic amines) is 1. The Labute approximate surface area is 133 Å². The van der Waals surface area contributed by atoms with Crippen molar-refractivity contribution >= 4 is 0 Å². The Morgan fingerprint density at radius 3 is 2.91 bits per heavy atom. The number of fused-ring (bicyclic) bond motifs is 1. The monoisotopic (exact) mass is 301 g/mol. The molecule has 2 aliphatic carbocycles. The van der Waals surface area contributed by atoms with Crippen LogP contribution in [0.4, 0.5) is 0 Å². The van der Waals surface area contributed by atoms with Gasteiger partial charge in [0.2, 0.25) is 0 Å². The topological polar surface area (TPSA) is 32.7 Å². The van der Waals surface area contributed by atoms with Crippen LogP contribution < -0.4 is 4.74 Å². The summed E-state index contributed by atoms with van der Waals surface area (Å²) in [5.41, 5.74) is 2.01. The molecule has 22 heavy (non-hydrogen) atoms. The van der Waals surface area contributed by atoms with Crippen LogP contribution in [0, 0.1) is 5.92 Å². The lowest BCUT2D eigenvalue weighted by Gasteiger charge is -2.64. The summed E-state index contributed by atoms with van der Waals surface area (Å²) in [4.78, 5) is 2.40. The smallest absolute Gasteiger partial charge is 0.119 e. The van der Waals surface area contributed by atoms with E-state index in [1.807, 2.05) is 0 Å². The summed E-state index contributed by atoms with van der Waals surface area (Å²) in [7, 11) is 3.92. The summed E-state index contributed by atoms with van der Waals surface area (Å²) >= 11 is 0. The predicted molar refractivity (Wildman–Crippen MR) is 87.4 cm³/mol. The highest BCUT2D eigenvalue weighted by Crippen LogP contribution is 2.59. The van der Waals surface area contributed by atoms with Gasteiger partial charge in [0, 0.05) is 18.0 Å². The molecular formula is C19H27NO2. The van der Waals surface area contributed by atoms with Crippen LogP contribution in [0.1, 0.15) is 43.7 Å². The van der Waals surface area contributed by atoms with E-state index in [0.717, 1.165) is 25.1 Å². The third-order valence-corrected chi connectivity index (χ3v) is 6.74. The highest BCUT2D eigenvalue weighted by molar-refractivity contribution is 5.48. The molecule has 2 fully saturated rings. The molecule has 1 aromatic carbocycles. The van der Waals surface area contributed by atoms with Crippen molar-refractivity contribution in [2.45, 2.75) is 56.1 Å². The van der Waals surface area contributed by atoms with Crippen molar-refractivity contribution in [3.05, 3.63) is 29.3 Å². The number of piperidine rings is 1. The van der Waals surface area contributed by atoms with Crippen LogP contribution in [0.25, 0.3) is 0 Å². The van der Waals surface area contributed by atoms with E-state index in [1.54, 1.807) is 7.11 Å². The van der Waals surface area contributed by atoms with Gasteiger partial charge in [-0.3, -0.25) is 4.90 Å². The molecule has 1 N–H and O–H groups in total. The van der Waals surface area contributed by atoms with Crippen molar-refractivity contribution in [3.63, 3.8) is 0 Å². The zero-order valence-electron chi connectivity index (χ0n) is 13.9. The van der Waals surface area contributed by atoms with Gasteiger partial charge in [-0.2, -0.15) is 0 Å². The number of hydrogen-bond donors (Lipinski definition) is 1. The minimum absolute atomic E-state index is 0.0927. The van der Waals surface area contributed by atoms with Crippen molar-refractivity contribution < 1.29 is 9.84 Å². The molecule has 2 bridgehead atoms. The largest absolute Gasteiger partial charge is 0.497 e. The number of likely N-dealkylation sites (N-methyl/N-ethyl adjacent to an activating group) is 1. The fourth-order valence-corrected chi connectivity index (χ4v) is 5.86. The number of benzene rings is 1. The molecule has 1 heterocycles. The van der Waals surface area contributed by atoms with Crippen molar-refractivity contribution in [3.8, 4) is 5.75 Å². The first-order valence-corrected chi connectivity index (χ1v) is 8.59. The third-order valence-electron chi connectivity index (χ3n) is 6.74. The van der Waals surface area contributed by atoms with Gasteiger partial charge in [0.1, 0.15) is 5.75 Å². The van der Waals surface area contributed by atoms with E-state index in [0.29, 0.717) is 12.0 Å². The fourth-order valence-electron chi connectivity index (χ4n) is 5.86. The minimum Gasteiger partial charge on any atom is -0.497 e. The highest BCUT2D eigenvalue weighted by Gasteiger charge is 2.62.